The maximum Gasteiger partial charge on any atom is 0.282 e. The molecule has 2 heterocycles. The monoisotopic (exact) mass is 390 g/mol. The van der Waals surface area contributed by atoms with Crippen LogP contribution in [0, 0.1) is 5.82 Å². The van der Waals surface area contributed by atoms with Gasteiger partial charge >= 0.3 is 0 Å². The van der Waals surface area contributed by atoms with Gasteiger partial charge in [-0.25, -0.2) is 22.8 Å². The second-order valence-electron chi connectivity index (χ2n) is 6.67. The molecule has 3 aromatic rings. The maximum absolute atomic E-state index is 12.9. The Kier molecular flexibility index (Phi) is 4.84. The number of halogens is 3. The summed E-state index contributed by atoms with van der Waals surface area (Å²) >= 11 is 0. The number of aromatic nitrogens is 5. The smallest absolute Gasteiger partial charge is 0.282 e. The Morgan fingerprint density at radius 3 is 2.64 bits per heavy atom. The number of nitrogens with one attached hydrogen (secondary N) is 1. The number of carbonyl (C=O) groups excluding carboxylic acids is 1. The first-order valence-corrected chi connectivity index (χ1v) is 8.77. The lowest BCUT2D eigenvalue weighted by atomic mass is 10.2. The van der Waals surface area contributed by atoms with E-state index in [9.17, 15) is 18.0 Å². The van der Waals surface area contributed by atoms with Crippen molar-refractivity contribution < 1.29 is 18.0 Å². The third-order valence-corrected chi connectivity index (χ3v) is 4.39. The van der Waals surface area contributed by atoms with Gasteiger partial charge in [-0.15, -0.1) is 5.10 Å². The number of rotatable bonds is 7. The van der Waals surface area contributed by atoms with Crippen LogP contribution in [-0.2, 0) is 17.9 Å². The zero-order valence-corrected chi connectivity index (χ0v) is 14.7. The molecular weight excluding hydrogens is 373 g/mol. The predicted octanol–water partition coefficient (Wildman–Crippen LogP) is 3.12. The summed E-state index contributed by atoms with van der Waals surface area (Å²) in [5.41, 5.74) is 1.16. The fraction of sp³-hybridized carbons (Fsp3) is 0.333. The van der Waals surface area contributed by atoms with E-state index >= 15 is 0 Å². The van der Waals surface area contributed by atoms with Gasteiger partial charge in [-0.05, 0) is 36.6 Å². The van der Waals surface area contributed by atoms with Gasteiger partial charge in [0.25, 0.3) is 6.43 Å². The fourth-order valence-corrected chi connectivity index (χ4v) is 2.90. The van der Waals surface area contributed by atoms with E-state index in [0.29, 0.717) is 12.2 Å². The van der Waals surface area contributed by atoms with Crippen LogP contribution in [0.2, 0.25) is 0 Å². The number of anilines is 1. The van der Waals surface area contributed by atoms with Crippen molar-refractivity contribution in [3.05, 3.63) is 59.4 Å². The zero-order valence-electron chi connectivity index (χ0n) is 14.7. The van der Waals surface area contributed by atoms with Crippen LogP contribution < -0.4 is 5.32 Å². The molecule has 1 saturated carbocycles. The number of hydrogen-bond acceptors (Lipinski definition) is 4. The summed E-state index contributed by atoms with van der Waals surface area (Å²) in [6.45, 7) is 0.178. The summed E-state index contributed by atoms with van der Waals surface area (Å²) in [5.74, 6) is -0.498. The minimum Gasteiger partial charge on any atom is -0.292 e. The molecule has 4 rings (SSSR count). The third-order valence-electron chi connectivity index (χ3n) is 4.39. The molecule has 1 aliphatic carbocycles. The van der Waals surface area contributed by atoms with Crippen molar-refractivity contribution in [1.29, 1.82) is 0 Å². The Morgan fingerprint density at radius 2 is 1.96 bits per heavy atom. The molecule has 0 saturated heterocycles. The Hall–Kier alpha value is -3.17. The molecule has 1 aliphatic rings. The summed E-state index contributed by atoms with van der Waals surface area (Å²) in [5, 5.41) is 10.5. The van der Waals surface area contributed by atoms with Crippen LogP contribution in [0.25, 0.3) is 0 Å². The van der Waals surface area contributed by atoms with Gasteiger partial charge in [0.15, 0.2) is 0 Å². The van der Waals surface area contributed by atoms with Crippen LogP contribution in [0.15, 0.2) is 36.7 Å². The van der Waals surface area contributed by atoms with E-state index < -0.39 is 12.3 Å². The molecule has 1 N–H and O–H groups in total. The van der Waals surface area contributed by atoms with Crippen LogP contribution in [0.1, 0.15) is 42.1 Å². The quantitative estimate of drug-likeness (QED) is 0.673. The van der Waals surface area contributed by atoms with Gasteiger partial charge in [0, 0.05) is 11.6 Å². The maximum atomic E-state index is 12.9. The average molecular weight is 390 g/mol. The number of amides is 1. The lowest BCUT2D eigenvalue weighted by Crippen LogP contribution is -2.21. The van der Waals surface area contributed by atoms with Crippen molar-refractivity contribution in [3.8, 4) is 0 Å². The van der Waals surface area contributed by atoms with Gasteiger partial charge in [0.1, 0.15) is 24.4 Å². The molecule has 7 nitrogen and oxygen atoms in total. The summed E-state index contributed by atoms with van der Waals surface area (Å²) in [7, 11) is 0. The standard InChI is InChI=1S/C18H17F3N6O/c19-13-5-1-11(2-6-13)8-26-10-22-18(25-26)23-16(28)9-27-15(12-3-4-12)7-14(24-27)17(20)21/h1-2,5-7,10,12,17H,3-4,8-9H2,(H,23,25,28). The first-order chi connectivity index (χ1) is 13.5. The fourth-order valence-electron chi connectivity index (χ4n) is 2.90. The SMILES string of the molecule is O=C(Cn1nc(C(F)F)cc1C1CC1)Nc1ncn(Cc2ccc(F)cc2)n1. The molecule has 0 aliphatic heterocycles. The highest BCUT2D eigenvalue weighted by Crippen LogP contribution is 2.41. The molecule has 10 heteroatoms. The molecule has 28 heavy (non-hydrogen) atoms. The van der Waals surface area contributed by atoms with Gasteiger partial charge in [0.2, 0.25) is 11.9 Å². The number of nitrogens with zero attached hydrogens (tertiary/aromatic N) is 5. The molecule has 146 valence electrons. The van der Waals surface area contributed by atoms with E-state index in [4.69, 9.17) is 0 Å². The van der Waals surface area contributed by atoms with Crippen molar-refractivity contribution in [3.63, 3.8) is 0 Å². The largest absolute Gasteiger partial charge is 0.292 e. The molecule has 1 fully saturated rings. The van der Waals surface area contributed by atoms with Crippen LogP contribution in [0.4, 0.5) is 19.1 Å². The minimum atomic E-state index is -2.68. The van der Waals surface area contributed by atoms with Crippen molar-refractivity contribution >= 4 is 11.9 Å². The summed E-state index contributed by atoms with van der Waals surface area (Å²) in [4.78, 5) is 16.3. The van der Waals surface area contributed by atoms with Crippen LogP contribution >= 0.6 is 0 Å². The normalized spacial score (nSPS) is 13.9. The number of benzene rings is 1. The average Bonchev–Trinajstić information content (AvgIpc) is 3.27. The van der Waals surface area contributed by atoms with E-state index in [1.807, 2.05) is 0 Å². The van der Waals surface area contributed by atoms with E-state index in [1.54, 1.807) is 12.1 Å². The highest BCUT2D eigenvalue weighted by molar-refractivity contribution is 5.88. The van der Waals surface area contributed by atoms with Crippen LogP contribution in [0.5, 0.6) is 0 Å². The summed E-state index contributed by atoms with van der Waals surface area (Å²) in [6.07, 6.45) is 0.583. The van der Waals surface area contributed by atoms with Gasteiger partial charge in [-0.1, -0.05) is 12.1 Å². The second-order valence-corrected chi connectivity index (χ2v) is 6.67. The van der Waals surface area contributed by atoms with Gasteiger partial charge < -0.3 is 0 Å². The second kappa shape index (κ2) is 7.45. The number of alkyl halides is 2. The molecule has 0 bridgehead atoms. The molecule has 0 unspecified atom stereocenters. The first-order valence-electron chi connectivity index (χ1n) is 8.77. The Bertz CT molecular complexity index is 978. The highest BCUT2D eigenvalue weighted by atomic mass is 19.3. The van der Waals surface area contributed by atoms with Crippen LogP contribution in [-0.4, -0.2) is 30.5 Å². The molecule has 2 aromatic heterocycles. The molecule has 0 atom stereocenters. The van der Waals surface area contributed by atoms with Crippen molar-refractivity contribution in [1.82, 2.24) is 24.5 Å². The molecule has 0 spiro atoms. The Morgan fingerprint density at radius 1 is 1.21 bits per heavy atom. The predicted molar refractivity (Wildman–Crippen MR) is 93.3 cm³/mol. The van der Waals surface area contributed by atoms with Crippen LogP contribution in [0.3, 0.4) is 0 Å². The molecule has 1 aromatic carbocycles. The van der Waals surface area contributed by atoms with Gasteiger partial charge in [0.05, 0.1) is 6.54 Å². The third kappa shape index (κ3) is 4.21. The first kappa shape index (κ1) is 18.2. The molecule has 0 radical (unpaired) electrons. The van der Waals surface area contributed by atoms with E-state index in [1.165, 1.54) is 33.9 Å². The zero-order chi connectivity index (χ0) is 19.7. The van der Waals surface area contributed by atoms with Crippen molar-refractivity contribution in [2.45, 2.75) is 38.3 Å². The van der Waals surface area contributed by atoms with E-state index in [2.05, 4.69) is 20.5 Å². The van der Waals surface area contributed by atoms with Crippen molar-refractivity contribution in [2.24, 2.45) is 0 Å². The van der Waals surface area contributed by atoms with E-state index in [0.717, 1.165) is 18.4 Å². The lowest BCUT2D eigenvalue weighted by Gasteiger charge is -2.06. The number of carbonyl (C=O) groups is 1. The minimum absolute atomic E-state index is 0.0984. The van der Waals surface area contributed by atoms with Gasteiger partial charge in [-0.2, -0.15) is 5.10 Å². The summed E-state index contributed by atoms with van der Waals surface area (Å²) in [6, 6.07) is 7.33. The topological polar surface area (TPSA) is 77.6 Å². The Balaban J connectivity index is 1.39. The number of hydrogen-bond donors (Lipinski definition) is 1. The molecule has 1 amide bonds. The van der Waals surface area contributed by atoms with E-state index in [-0.39, 0.29) is 29.9 Å². The molecular formula is C18H17F3N6O. The Labute approximate surface area is 158 Å². The van der Waals surface area contributed by atoms with Crippen molar-refractivity contribution in [2.75, 3.05) is 5.32 Å². The highest BCUT2D eigenvalue weighted by Gasteiger charge is 2.30. The summed E-state index contributed by atoms with van der Waals surface area (Å²) < 4.78 is 41.6. The van der Waals surface area contributed by atoms with Gasteiger partial charge in [-0.3, -0.25) is 14.8 Å². The lowest BCUT2D eigenvalue weighted by molar-refractivity contribution is -0.117.